The van der Waals surface area contributed by atoms with E-state index in [0.29, 0.717) is 0 Å². The Morgan fingerprint density at radius 3 is 1.00 bits per heavy atom. The lowest BCUT2D eigenvalue weighted by atomic mass is 10.0. The third-order valence-electron chi connectivity index (χ3n) is 4.59. The molecule has 0 aliphatic carbocycles. The molecule has 0 aliphatic rings. The first-order valence-corrected chi connectivity index (χ1v) is 11.1. The highest BCUT2D eigenvalue weighted by molar-refractivity contribution is 7.93. The lowest BCUT2D eigenvalue weighted by Gasteiger charge is -2.03. The van der Waals surface area contributed by atoms with Crippen molar-refractivity contribution in [2.24, 2.45) is 0 Å². The average molecular weight is 331 g/mol. The largest absolute Gasteiger partial charge is 0.330 e. The highest BCUT2D eigenvalue weighted by Gasteiger charge is 1.95. The monoisotopic (exact) mass is 330 g/mol. The second-order valence-corrected chi connectivity index (χ2v) is 7.51. The molecule has 0 aromatic carbocycles. The molecule has 0 radical (unpaired) electrons. The highest BCUT2D eigenvalue weighted by atomic mass is 32.2. The Morgan fingerprint density at radius 1 is 0.455 bits per heavy atom. The van der Waals surface area contributed by atoms with Gasteiger partial charge >= 0.3 is 0 Å². The van der Waals surface area contributed by atoms with Gasteiger partial charge in [-0.3, -0.25) is 0 Å². The summed E-state index contributed by atoms with van der Waals surface area (Å²) >= 11 is 0.990. The van der Waals surface area contributed by atoms with Gasteiger partial charge in [0.05, 0.1) is 0 Å². The van der Waals surface area contributed by atoms with Crippen LogP contribution in [0.1, 0.15) is 122 Å². The lowest BCUT2D eigenvalue weighted by Crippen LogP contribution is -1.84. The molecule has 2 heteroatoms. The summed E-state index contributed by atoms with van der Waals surface area (Å²) in [5.41, 5.74) is 0. The van der Waals surface area contributed by atoms with Gasteiger partial charge in [0, 0.05) is 5.75 Å². The maximum absolute atomic E-state index is 8.62. The van der Waals surface area contributed by atoms with Crippen molar-refractivity contribution in [1.82, 2.24) is 0 Å². The van der Waals surface area contributed by atoms with E-state index >= 15 is 0 Å². The molecule has 0 saturated heterocycles. The maximum Gasteiger partial charge on any atom is 0.0195 e. The van der Waals surface area contributed by atoms with Crippen molar-refractivity contribution in [3.05, 3.63) is 0 Å². The summed E-state index contributed by atoms with van der Waals surface area (Å²) in [7, 11) is 0. The zero-order valence-corrected chi connectivity index (χ0v) is 16.1. The van der Waals surface area contributed by atoms with Gasteiger partial charge in [-0.25, -0.2) is 0 Å². The Balaban J connectivity index is 2.91. The lowest BCUT2D eigenvalue weighted by molar-refractivity contribution is 0.526. The second kappa shape index (κ2) is 21.3. The van der Waals surface area contributed by atoms with E-state index < -0.39 is 0 Å². The van der Waals surface area contributed by atoms with E-state index in [1.165, 1.54) is 116 Å². The van der Waals surface area contributed by atoms with Crippen LogP contribution in [0.4, 0.5) is 0 Å². The fourth-order valence-electron chi connectivity index (χ4n) is 3.07. The van der Waals surface area contributed by atoms with Crippen LogP contribution in [0.5, 0.6) is 0 Å². The van der Waals surface area contributed by atoms with Crippen LogP contribution in [0.2, 0.25) is 0 Å². The van der Waals surface area contributed by atoms with Crippen molar-refractivity contribution >= 4 is 12.0 Å². The molecule has 0 unspecified atom stereocenters. The van der Waals surface area contributed by atoms with E-state index in [9.17, 15) is 0 Å². The summed E-state index contributed by atoms with van der Waals surface area (Å²) in [6.07, 6.45) is 25.5. The summed E-state index contributed by atoms with van der Waals surface area (Å²) < 4.78 is 8.62. The summed E-state index contributed by atoms with van der Waals surface area (Å²) in [5.74, 6) is 0.915. The molecular weight excluding hydrogens is 288 g/mol. The fourth-order valence-corrected chi connectivity index (χ4v) is 3.40. The standard InChI is InChI=1S/C20H42OS/c1-2-3-4-5-6-7-8-9-10-11-12-13-14-15-16-17-18-19-20-22-21/h21H,2-20H2,1H3. The summed E-state index contributed by atoms with van der Waals surface area (Å²) in [4.78, 5) is 0. The van der Waals surface area contributed by atoms with Crippen molar-refractivity contribution in [2.75, 3.05) is 5.75 Å². The molecule has 0 amide bonds. The fraction of sp³-hybridized carbons (Fsp3) is 1.00. The first-order valence-electron chi connectivity index (χ1n) is 10.2. The molecule has 0 saturated carbocycles. The van der Waals surface area contributed by atoms with E-state index in [-0.39, 0.29) is 0 Å². The molecule has 0 aliphatic heterocycles. The smallest absolute Gasteiger partial charge is 0.0195 e. The van der Waals surface area contributed by atoms with Crippen LogP contribution >= 0.6 is 12.0 Å². The molecule has 0 heterocycles. The van der Waals surface area contributed by atoms with Crippen LogP contribution in [0.15, 0.2) is 0 Å². The SMILES string of the molecule is CCCCCCCCCCCCCCCCCCCCSO. The second-order valence-electron chi connectivity index (χ2n) is 6.84. The Kier molecular flexibility index (Phi) is 21.6. The van der Waals surface area contributed by atoms with E-state index in [2.05, 4.69) is 6.92 Å². The van der Waals surface area contributed by atoms with Crippen LogP contribution in [0.3, 0.4) is 0 Å². The zero-order chi connectivity index (χ0) is 16.1. The summed E-state index contributed by atoms with van der Waals surface area (Å²) in [5, 5.41) is 0. The van der Waals surface area contributed by atoms with E-state index in [1.807, 2.05) is 0 Å². The van der Waals surface area contributed by atoms with Gasteiger partial charge in [-0.1, -0.05) is 116 Å². The maximum atomic E-state index is 8.62. The van der Waals surface area contributed by atoms with E-state index in [4.69, 9.17) is 4.55 Å². The van der Waals surface area contributed by atoms with Crippen molar-refractivity contribution in [2.45, 2.75) is 122 Å². The van der Waals surface area contributed by atoms with Gasteiger partial charge in [0.2, 0.25) is 0 Å². The zero-order valence-electron chi connectivity index (χ0n) is 15.3. The molecule has 0 atom stereocenters. The Labute approximate surface area is 145 Å². The van der Waals surface area contributed by atoms with Crippen molar-refractivity contribution < 1.29 is 4.55 Å². The predicted octanol–water partition coefficient (Wildman–Crippen LogP) is 8.23. The van der Waals surface area contributed by atoms with Gasteiger partial charge in [0.15, 0.2) is 0 Å². The number of hydrogen-bond acceptors (Lipinski definition) is 2. The summed E-state index contributed by atoms with van der Waals surface area (Å²) in [6.45, 7) is 2.29. The minimum atomic E-state index is 0.915. The Bertz CT molecular complexity index is 165. The van der Waals surface area contributed by atoms with Gasteiger partial charge < -0.3 is 4.55 Å². The van der Waals surface area contributed by atoms with Gasteiger partial charge in [-0.15, -0.1) is 0 Å². The number of rotatable bonds is 19. The molecule has 1 N–H and O–H groups in total. The molecule has 22 heavy (non-hydrogen) atoms. The molecule has 134 valence electrons. The number of hydrogen-bond donors (Lipinski definition) is 1. The van der Waals surface area contributed by atoms with Crippen molar-refractivity contribution in [3.63, 3.8) is 0 Å². The van der Waals surface area contributed by atoms with Gasteiger partial charge in [-0.05, 0) is 18.5 Å². The van der Waals surface area contributed by atoms with Crippen LogP contribution in [0, 0.1) is 0 Å². The quantitative estimate of drug-likeness (QED) is 0.190. The number of unbranched alkanes of at least 4 members (excludes halogenated alkanes) is 17. The highest BCUT2D eigenvalue weighted by Crippen LogP contribution is 2.14. The first kappa shape index (κ1) is 22.3. The Morgan fingerprint density at radius 2 is 0.727 bits per heavy atom. The third-order valence-corrected chi connectivity index (χ3v) is 5.06. The molecule has 0 fully saturated rings. The van der Waals surface area contributed by atoms with Crippen molar-refractivity contribution in [3.8, 4) is 0 Å². The van der Waals surface area contributed by atoms with Gasteiger partial charge in [0.25, 0.3) is 0 Å². The molecule has 0 aromatic heterocycles. The van der Waals surface area contributed by atoms with E-state index in [1.54, 1.807) is 0 Å². The molecule has 1 nitrogen and oxygen atoms in total. The van der Waals surface area contributed by atoms with Crippen LogP contribution in [-0.2, 0) is 0 Å². The van der Waals surface area contributed by atoms with Crippen LogP contribution < -0.4 is 0 Å². The Hall–Kier alpha value is 0.310. The molecule has 0 bridgehead atoms. The third kappa shape index (κ3) is 20.3. The van der Waals surface area contributed by atoms with Gasteiger partial charge in [0.1, 0.15) is 0 Å². The molecule has 0 rings (SSSR count). The summed E-state index contributed by atoms with van der Waals surface area (Å²) in [6, 6.07) is 0. The first-order chi connectivity index (χ1) is 10.9. The van der Waals surface area contributed by atoms with Crippen LogP contribution in [-0.4, -0.2) is 10.3 Å². The minimum Gasteiger partial charge on any atom is -0.330 e. The van der Waals surface area contributed by atoms with Gasteiger partial charge in [-0.2, -0.15) is 0 Å². The average Bonchev–Trinajstić information content (AvgIpc) is 2.54. The normalized spacial score (nSPS) is 11.2. The topological polar surface area (TPSA) is 20.2 Å². The van der Waals surface area contributed by atoms with Crippen molar-refractivity contribution in [1.29, 1.82) is 0 Å². The molecular formula is C20H42OS. The predicted molar refractivity (Wildman–Crippen MR) is 104 cm³/mol. The molecule has 0 aromatic rings. The molecule has 0 spiro atoms. The minimum absolute atomic E-state index is 0.915. The van der Waals surface area contributed by atoms with Crippen LogP contribution in [0.25, 0.3) is 0 Å². The van der Waals surface area contributed by atoms with E-state index in [0.717, 1.165) is 17.8 Å².